The van der Waals surface area contributed by atoms with Crippen LogP contribution in [0.3, 0.4) is 0 Å². The normalized spacial score (nSPS) is 12.9. The largest absolute Gasteiger partial charge is 0.434 e. The molecule has 0 unspecified atom stereocenters. The van der Waals surface area contributed by atoms with E-state index in [1.54, 1.807) is 18.2 Å². The lowest BCUT2D eigenvalue weighted by molar-refractivity contribution is -0.142. The third-order valence-corrected chi connectivity index (χ3v) is 6.85. The molecule has 0 atom stereocenters. The molecule has 5 aromatic rings. The summed E-state index contributed by atoms with van der Waals surface area (Å²) in [4.78, 5) is 39.8. The van der Waals surface area contributed by atoms with Crippen molar-refractivity contribution in [2.24, 2.45) is 5.73 Å². The molecule has 2 N–H and O–H groups in total. The van der Waals surface area contributed by atoms with Crippen LogP contribution in [0.15, 0.2) is 85.5 Å². The highest BCUT2D eigenvalue weighted by atomic mass is 19.4. The second-order valence-corrected chi connectivity index (χ2v) is 10.2. The first-order valence-corrected chi connectivity index (χ1v) is 13.7. The fraction of sp³-hybridized carbons (Fsp3) is 0.125. The number of fused-ring (bicyclic) bond motifs is 1. The van der Waals surface area contributed by atoms with E-state index in [4.69, 9.17) is 5.73 Å². The lowest BCUT2D eigenvalue weighted by Gasteiger charge is -2.15. The number of rotatable bonds is 5. The molecule has 0 radical (unpaired) electrons. The van der Waals surface area contributed by atoms with Gasteiger partial charge in [0.15, 0.2) is 11.4 Å². The molecule has 0 aliphatic carbocycles. The molecule has 0 bridgehead atoms. The number of carbonyl (C=O) groups excluding carboxylic acids is 2. The SMILES string of the molecule is NCc1cc(F)cc(-c2cnc(C(F)(F)F)cn2)c1.O=C1c2ccccc2C(=O)N1Cc1cc(F)cc(-c2cnc(C(F)(F)F)cn2)c1. The van der Waals surface area contributed by atoms with Gasteiger partial charge in [-0.2, -0.15) is 26.3 Å². The van der Waals surface area contributed by atoms with E-state index in [2.05, 4.69) is 19.9 Å². The molecule has 8 nitrogen and oxygen atoms in total. The van der Waals surface area contributed by atoms with Crippen LogP contribution in [-0.2, 0) is 25.4 Å². The Hall–Kier alpha value is -5.64. The van der Waals surface area contributed by atoms with Gasteiger partial charge in [0.05, 0.1) is 53.8 Å². The van der Waals surface area contributed by atoms with Gasteiger partial charge < -0.3 is 5.73 Å². The van der Waals surface area contributed by atoms with Gasteiger partial charge in [0.2, 0.25) is 0 Å². The number of halogens is 8. The van der Waals surface area contributed by atoms with Crippen LogP contribution in [0.25, 0.3) is 22.5 Å². The number of hydrogen-bond acceptors (Lipinski definition) is 7. The second-order valence-electron chi connectivity index (χ2n) is 10.2. The maximum absolute atomic E-state index is 14.1. The molecule has 6 rings (SSSR count). The molecule has 0 spiro atoms. The second kappa shape index (κ2) is 13.2. The van der Waals surface area contributed by atoms with Crippen LogP contribution in [0, 0.1) is 11.6 Å². The molecular formula is C32H20F8N6O2. The molecule has 246 valence electrons. The Morgan fingerprint density at radius 2 is 1.04 bits per heavy atom. The summed E-state index contributed by atoms with van der Waals surface area (Å²) >= 11 is 0. The minimum absolute atomic E-state index is 0.0288. The van der Waals surface area contributed by atoms with Gasteiger partial charge in [0.25, 0.3) is 11.8 Å². The van der Waals surface area contributed by atoms with Gasteiger partial charge in [-0.25, -0.2) is 18.7 Å². The van der Waals surface area contributed by atoms with Gasteiger partial charge >= 0.3 is 12.4 Å². The van der Waals surface area contributed by atoms with Crippen LogP contribution in [0.1, 0.15) is 43.2 Å². The molecule has 2 aromatic heterocycles. The molecule has 3 heterocycles. The van der Waals surface area contributed by atoms with Crippen molar-refractivity contribution in [2.45, 2.75) is 25.4 Å². The van der Waals surface area contributed by atoms with Crippen LogP contribution in [0.4, 0.5) is 35.1 Å². The zero-order valence-electron chi connectivity index (χ0n) is 24.2. The average molecular weight is 673 g/mol. The van der Waals surface area contributed by atoms with Gasteiger partial charge in [-0.15, -0.1) is 0 Å². The smallest absolute Gasteiger partial charge is 0.326 e. The quantitative estimate of drug-likeness (QED) is 0.160. The molecule has 1 aliphatic heterocycles. The lowest BCUT2D eigenvalue weighted by atomic mass is 10.1. The number of nitrogens with zero attached hydrogens (tertiary/aromatic N) is 5. The topological polar surface area (TPSA) is 115 Å². The summed E-state index contributed by atoms with van der Waals surface area (Å²) in [6.45, 7) is -0.0655. The van der Waals surface area contributed by atoms with E-state index in [1.807, 2.05) is 0 Å². The van der Waals surface area contributed by atoms with Gasteiger partial charge in [0, 0.05) is 17.7 Å². The van der Waals surface area contributed by atoms with E-state index < -0.39 is 47.2 Å². The molecule has 48 heavy (non-hydrogen) atoms. The highest BCUT2D eigenvalue weighted by Gasteiger charge is 2.36. The Kier molecular flexibility index (Phi) is 9.29. The summed E-state index contributed by atoms with van der Waals surface area (Å²) < 4.78 is 102. The molecule has 2 amide bonds. The van der Waals surface area contributed by atoms with Crippen molar-refractivity contribution in [1.82, 2.24) is 24.8 Å². The first-order valence-electron chi connectivity index (χ1n) is 13.7. The van der Waals surface area contributed by atoms with Crippen LogP contribution < -0.4 is 5.73 Å². The van der Waals surface area contributed by atoms with Gasteiger partial charge in [-0.05, 0) is 59.7 Å². The highest BCUT2D eigenvalue weighted by molar-refractivity contribution is 6.21. The molecule has 0 saturated carbocycles. The number of nitrogens with two attached hydrogens (primary N) is 1. The van der Waals surface area contributed by atoms with Crippen molar-refractivity contribution < 1.29 is 44.7 Å². The minimum atomic E-state index is -4.63. The predicted octanol–water partition coefficient (Wildman–Crippen LogP) is 6.86. The number of amides is 2. The summed E-state index contributed by atoms with van der Waals surface area (Å²) in [7, 11) is 0. The Bertz CT molecular complexity index is 1950. The number of benzene rings is 3. The first kappa shape index (κ1) is 33.7. The van der Waals surface area contributed by atoms with E-state index >= 15 is 0 Å². The molecule has 16 heteroatoms. The number of imide groups is 1. The van der Waals surface area contributed by atoms with E-state index in [1.165, 1.54) is 24.3 Å². The van der Waals surface area contributed by atoms with E-state index in [9.17, 15) is 44.7 Å². The lowest BCUT2D eigenvalue weighted by Crippen LogP contribution is -2.29. The van der Waals surface area contributed by atoms with Crippen LogP contribution in [0.5, 0.6) is 0 Å². The summed E-state index contributed by atoms with van der Waals surface area (Å²) in [5.74, 6) is -2.20. The standard InChI is InChI=1S/C20H11F4N3O2.C12H9F4N3/c21-13-6-11(10-27-18(28)14-3-1-2-4-15(14)19(27)29)5-12(7-13)16-8-26-17(9-25-16)20(22,23)24;13-9-2-7(4-17)1-8(3-9)10-5-19-11(6-18-10)12(14,15)16/h1-9H,10H2;1-3,5-6H,4,17H2. The first-order chi connectivity index (χ1) is 22.6. The van der Waals surface area contributed by atoms with Gasteiger partial charge in [-0.1, -0.05) is 12.1 Å². The minimum Gasteiger partial charge on any atom is -0.326 e. The highest BCUT2D eigenvalue weighted by Crippen LogP contribution is 2.30. The summed E-state index contributed by atoms with van der Waals surface area (Å²) in [6.07, 6.45) is -6.16. The van der Waals surface area contributed by atoms with Crippen molar-refractivity contribution in [3.05, 3.63) is 131 Å². The van der Waals surface area contributed by atoms with Crippen molar-refractivity contribution in [2.75, 3.05) is 0 Å². The Morgan fingerprint density at radius 1 is 0.604 bits per heavy atom. The van der Waals surface area contributed by atoms with E-state index in [0.717, 1.165) is 35.5 Å². The van der Waals surface area contributed by atoms with Crippen LogP contribution in [-0.4, -0.2) is 36.7 Å². The zero-order chi connectivity index (χ0) is 34.8. The fourth-order valence-corrected chi connectivity index (χ4v) is 4.62. The third kappa shape index (κ3) is 7.49. The Balaban J connectivity index is 0.000000206. The molecular weight excluding hydrogens is 652 g/mol. The summed E-state index contributed by atoms with van der Waals surface area (Å²) in [5, 5.41) is 0. The molecule has 0 fully saturated rings. The van der Waals surface area contributed by atoms with E-state index in [0.29, 0.717) is 23.5 Å². The zero-order valence-corrected chi connectivity index (χ0v) is 24.2. The van der Waals surface area contributed by atoms with Gasteiger partial charge in [-0.3, -0.25) is 24.5 Å². The monoisotopic (exact) mass is 672 g/mol. The van der Waals surface area contributed by atoms with Crippen molar-refractivity contribution in [3.8, 4) is 22.5 Å². The predicted molar refractivity (Wildman–Crippen MR) is 153 cm³/mol. The number of hydrogen-bond donors (Lipinski definition) is 1. The van der Waals surface area contributed by atoms with Gasteiger partial charge in [0.1, 0.15) is 11.6 Å². The Morgan fingerprint density at radius 3 is 1.44 bits per heavy atom. The van der Waals surface area contributed by atoms with Crippen molar-refractivity contribution >= 4 is 11.8 Å². The van der Waals surface area contributed by atoms with Crippen molar-refractivity contribution in [3.63, 3.8) is 0 Å². The Labute approximate surface area is 265 Å². The summed E-state index contributed by atoms with van der Waals surface area (Å²) in [6, 6.07) is 14.0. The molecule has 0 saturated heterocycles. The van der Waals surface area contributed by atoms with E-state index in [-0.39, 0.29) is 46.7 Å². The maximum atomic E-state index is 14.1. The van der Waals surface area contributed by atoms with Crippen molar-refractivity contribution in [1.29, 1.82) is 0 Å². The number of alkyl halides is 6. The average Bonchev–Trinajstić information content (AvgIpc) is 3.28. The summed E-state index contributed by atoms with van der Waals surface area (Å²) in [5.41, 5.74) is 5.18. The number of aromatic nitrogens is 4. The molecule has 3 aromatic carbocycles. The van der Waals surface area contributed by atoms with Crippen LogP contribution >= 0.6 is 0 Å². The molecule has 1 aliphatic rings. The third-order valence-electron chi connectivity index (χ3n) is 6.85. The fourth-order valence-electron chi connectivity index (χ4n) is 4.62. The maximum Gasteiger partial charge on any atom is 0.434 e. The van der Waals surface area contributed by atoms with Crippen LogP contribution in [0.2, 0.25) is 0 Å². The number of carbonyl (C=O) groups is 2.